The third kappa shape index (κ3) is 3.05. The maximum absolute atomic E-state index is 12.4. The van der Waals surface area contributed by atoms with E-state index in [1.165, 1.54) is 19.3 Å². The fraction of sp³-hybridized carbons (Fsp3) is 0.571. The van der Waals surface area contributed by atoms with Gasteiger partial charge < -0.3 is 5.73 Å². The van der Waals surface area contributed by atoms with Crippen LogP contribution in [0, 0.1) is 5.92 Å². The third-order valence-electron chi connectivity index (χ3n) is 3.60. The maximum Gasteiger partial charge on any atom is 0.169 e. The first-order chi connectivity index (χ1) is 8.29. The molecule has 0 bridgehead atoms. The predicted octanol–water partition coefficient (Wildman–Crippen LogP) is 3.21. The number of hydrogen-bond donors (Lipinski definition) is 1. The molecule has 1 saturated carbocycles. The smallest absolute Gasteiger partial charge is 0.169 e. The molecule has 0 unspecified atom stereocenters. The molecule has 3 nitrogen and oxygen atoms in total. The number of Topliss-reactive ketones (excluding diaryl/α,β-unsaturated/α-hetero) is 1. The number of aromatic nitrogens is 1. The van der Waals surface area contributed by atoms with Crippen molar-refractivity contribution in [1.82, 2.24) is 4.98 Å². The number of anilines is 1. The van der Waals surface area contributed by atoms with Gasteiger partial charge >= 0.3 is 0 Å². The highest BCUT2D eigenvalue weighted by Gasteiger charge is 2.22. The van der Waals surface area contributed by atoms with Gasteiger partial charge in [-0.25, -0.2) is 0 Å². The Labute approximate surface area is 102 Å². The number of hydrogen-bond acceptors (Lipinski definition) is 3. The Kier molecular flexibility index (Phi) is 4.13. The van der Waals surface area contributed by atoms with Crippen molar-refractivity contribution in [1.29, 1.82) is 0 Å². The fourth-order valence-corrected chi connectivity index (χ4v) is 2.55. The highest BCUT2D eigenvalue weighted by Crippen LogP contribution is 2.26. The normalized spacial score (nSPS) is 18.4. The Morgan fingerprint density at radius 3 is 2.47 bits per heavy atom. The summed E-state index contributed by atoms with van der Waals surface area (Å²) in [6.45, 7) is 0. The minimum Gasteiger partial charge on any atom is -0.398 e. The number of nitrogens with zero attached hydrogens (tertiary/aromatic N) is 1. The van der Waals surface area contributed by atoms with E-state index in [0.29, 0.717) is 11.3 Å². The molecule has 0 amide bonds. The zero-order valence-electron chi connectivity index (χ0n) is 10.2. The van der Waals surface area contributed by atoms with E-state index in [4.69, 9.17) is 5.73 Å². The van der Waals surface area contributed by atoms with Crippen LogP contribution in [-0.2, 0) is 0 Å². The van der Waals surface area contributed by atoms with Crippen molar-refractivity contribution in [3.8, 4) is 0 Å². The van der Waals surface area contributed by atoms with Crippen molar-refractivity contribution in [3.05, 3.63) is 24.0 Å². The molecule has 0 atom stereocenters. The number of nitrogens with two attached hydrogens (primary N) is 1. The topological polar surface area (TPSA) is 56.0 Å². The zero-order chi connectivity index (χ0) is 12.1. The summed E-state index contributed by atoms with van der Waals surface area (Å²) in [5, 5.41) is 0. The summed E-state index contributed by atoms with van der Waals surface area (Å²) < 4.78 is 0. The fourth-order valence-electron chi connectivity index (χ4n) is 2.55. The molecule has 0 saturated heterocycles. The lowest BCUT2D eigenvalue weighted by atomic mass is 9.86. The molecule has 17 heavy (non-hydrogen) atoms. The van der Waals surface area contributed by atoms with Gasteiger partial charge in [0.2, 0.25) is 0 Å². The lowest BCUT2D eigenvalue weighted by molar-refractivity contribution is 0.0899. The van der Waals surface area contributed by atoms with Crippen LogP contribution in [-0.4, -0.2) is 10.8 Å². The van der Waals surface area contributed by atoms with Gasteiger partial charge in [0.25, 0.3) is 0 Å². The zero-order valence-corrected chi connectivity index (χ0v) is 10.2. The van der Waals surface area contributed by atoms with Gasteiger partial charge in [0, 0.05) is 24.0 Å². The Hall–Kier alpha value is -1.38. The average Bonchev–Trinajstić information content (AvgIpc) is 2.28. The molecular weight excluding hydrogens is 212 g/mol. The molecule has 0 aromatic carbocycles. The van der Waals surface area contributed by atoms with Crippen molar-refractivity contribution in [3.63, 3.8) is 0 Å². The van der Waals surface area contributed by atoms with E-state index in [2.05, 4.69) is 4.98 Å². The molecule has 0 spiro atoms. The van der Waals surface area contributed by atoms with Crippen molar-refractivity contribution >= 4 is 11.5 Å². The molecular formula is C14H20N2O. The molecule has 1 aromatic heterocycles. The monoisotopic (exact) mass is 232 g/mol. The van der Waals surface area contributed by atoms with E-state index in [1.807, 2.05) is 0 Å². The minimum atomic E-state index is 0.154. The number of carbonyl (C=O) groups is 1. The van der Waals surface area contributed by atoms with Crippen LogP contribution in [0.5, 0.6) is 0 Å². The third-order valence-corrected chi connectivity index (χ3v) is 3.60. The van der Waals surface area contributed by atoms with Crippen LogP contribution < -0.4 is 5.73 Å². The number of nitrogen functional groups attached to an aromatic ring is 1. The van der Waals surface area contributed by atoms with Crippen LogP contribution >= 0.6 is 0 Å². The summed E-state index contributed by atoms with van der Waals surface area (Å²) in [6.07, 6.45) is 11.4. The van der Waals surface area contributed by atoms with Crippen molar-refractivity contribution in [2.24, 2.45) is 5.92 Å². The summed E-state index contributed by atoms with van der Waals surface area (Å²) in [5.41, 5.74) is 7.01. The second-order valence-corrected chi connectivity index (χ2v) is 4.87. The van der Waals surface area contributed by atoms with Gasteiger partial charge in [0.05, 0.1) is 5.56 Å². The second kappa shape index (κ2) is 5.80. The van der Waals surface area contributed by atoms with Gasteiger partial charge in [-0.15, -0.1) is 0 Å². The molecule has 2 rings (SSSR count). The number of ketones is 1. The van der Waals surface area contributed by atoms with Crippen LogP contribution in [0.2, 0.25) is 0 Å². The van der Waals surface area contributed by atoms with Crippen molar-refractivity contribution < 1.29 is 4.79 Å². The quantitative estimate of drug-likeness (QED) is 0.796. The van der Waals surface area contributed by atoms with E-state index in [9.17, 15) is 4.79 Å². The summed E-state index contributed by atoms with van der Waals surface area (Å²) in [6, 6.07) is 1.70. The molecule has 1 aromatic rings. The predicted molar refractivity (Wildman–Crippen MR) is 68.8 cm³/mol. The van der Waals surface area contributed by atoms with Gasteiger partial charge in [-0.3, -0.25) is 9.78 Å². The molecule has 0 aliphatic heterocycles. The Morgan fingerprint density at radius 2 is 1.82 bits per heavy atom. The van der Waals surface area contributed by atoms with Crippen molar-refractivity contribution in [2.75, 3.05) is 5.73 Å². The molecule has 1 aliphatic carbocycles. The van der Waals surface area contributed by atoms with E-state index in [-0.39, 0.29) is 11.7 Å². The van der Waals surface area contributed by atoms with Gasteiger partial charge in [0.1, 0.15) is 0 Å². The summed E-state index contributed by atoms with van der Waals surface area (Å²) in [5.74, 6) is 0.347. The van der Waals surface area contributed by atoms with Gasteiger partial charge in [-0.05, 0) is 18.9 Å². The van der Waals surface area contributed by atoms with Gasteiger partial charge in [0.15, 0.2) is 5.78 Å². The first-order valence-electron chi connectivity index (χ1n) is 6.53. The van der Waals surface area contributed by atoms with Crippen LogP contribution in [0.25, 0.3) is 0 Å². The first-order valence-corrected chi connectivity index (χ1v) is 6.53. The molecule has 1 fully saturated rings. The Balaban J connectivity index is 2.10. The molecule has 3 heteroatoms. The van der Waals surface area contributed by atoms with E-state index < -0.39 is 0 Å². The molecule has 2 N–H and O–H groups in total. The van der Waals surface area contributed by atoms with Crippen LogP contribution in [0.15, 0.2) is 18.5 Å². The first kappa shape index (κ1) is 12.1. The number of pyridine rings is 1. The standard InChI is InChI=1S/C14H20N2O/c15-13-8-9-16-10-12(13)14(17)11-6-4-2-1-3-5-7-11/h8-11H,1-7H2,(H2,15,16). The Bertz CT molecular complexity index is 382. The molecule has 1 aliphatic rings. The van der Waals surface area contributed by atoms with E-state index >= 15 is 0 Å². The lowest BCUT2D eigenvalue weighted by Gasteiger charge is -2.18. The molecule has 1 heterocycles. The summed E-state index contributed by atoms with van der Waals surface area (Å²) in [7, 11) is 0. The van der Waals surface area contributed by atoms with Gasteiger partial charge in [-0.1, -0.05) is 32.1 Å². The second-order valence-electron chi connectivity index (χ2n) is 4.87. The van der Waals surface area contributed by atoms with E-state index in [1.54, 1.807) is 18.5 Å². The highest BCUT2D eigenvalue weighted by atomic mass is 16.1. The highest BCUT2D eigenvalue weighted by molar-refractivity contribution is 6.01. The van der Waals surface area contributed by atoms with Crippen molar-refractivity contribution in [2.45, 2.75) is 44.9 Å². The van der Waals surface area contributed by atoms with Crippen LogP contribution in [0.1, 0.15) is 55.3 Å². The average molecular weight is 232 g/mol. The van der Waals surface area contributed by atoms with Crippen LogP contribution in [0.3, 0.4) is 0 Å². The van der Waals surface area contributed by atoms with Gasteiger partial charge in [-0.2, -0.15) is 0 Å². The molecule has 92 valence electrons. The van der Waals surface area contributed by atoms with Crippen LogP contribution in [0.4, 0.5) is 5.69 Å². The minimum absolute atomic E-state index is 0.154. The molecule has 0 radical (unpaired) electrons. The van der Waals surface area contributed by atoms with E-state index in [0.717, 1.165) is 25.7 Å². The largest absolute Gasteiger partial charge is 0.398 e. The maximum atomic E-state index is 12.4. The number of carbonyl (C=O) groups excluding carboxylic acids is 1. The lowest BCUT2D eigenvalue weighted by Crippen LogP contribution is -2.17. The number of rotatable bonds is 2. The Morgan fingerprint density at radius 1 is 1.18 bits per heavy atom. The summed E-state index contributed by atoms with van der Waals surface area (Å²) >= 11 is 0. The SMILES string of the molecule is Nc1ccncc1C(=O)C1CCCCCCC1. The summed E-state index contributed by atoms with van der Waals surface area (Å²) in [4.78, 5) is 16.4.